The third kappa shape index (κ3) is 7.91. The molecule has 0 aliphatic carbocycles. The van der Waals surface area contributed by atoms with Crippen LogP contribution in [0.15, 0.2) is 4.99 Å². The number of amides is 2. The van der Waals surface area contributed by atoms with Crippen LogP contribution in [0.5, 0.6) is 0 Å². The first kappa shape index (κ1) is 23.3. The summed E-state index contributed by atoms with van der Waals surface area (Å²) in [6.45, 7) is 4.21. The molecule has 9 heteroatoms. The molecule has 1 heterocycles. The van der Waals surface area contributed by atoms with Crippen LogP contribution >= 0.6 is 35.7 Å². The fraction of sp³-hybridized carbons (Fsp3) is 0.800. The Morgan fingerprint density at radius 2 is 1.83 bits per heavy atom. The number of hydrogen-bond acceptors (Lipinski definition) is 4. The van der Waals surface area contributed by atoms with Gasteiger partial charge < -0.3 is 20.0 Å². The topological polar surface area (TPSA) is 68.2 Å². The maximum atomic E-state index is 11.8. The van der Waals surface area contributed by atoms with E-state index in [1.165, 1.54) is 9.80 Å². The van der Waals surface area contributed by atoms with Gasteiger partial charge in [-0.2, -0.15) is 11.8 Å². The highest BCUT2D eigenvalue weighted by atomic mass is 127. The Labute approximate surface area is 166 Å². The second-order valence-electron chi connectivity index (χ2n) is 5.92. The quantitative estimate of drug-likeness (QED) is 0.361. The molecule has 1 aliphatic heterocycles. The van der Waals surface area contributed by atoms with Gasteiger partial charge in [0.25, 0.3) is 0 Å². The van der Waals surface area contributed by atoms with Crippen molar-refractivity contribution in [3.8, 4) is 0 Å². The van der Waals surface area contributed by atoms with Crippen molar-refractivity contribution < 1.29 is 9.59 Å². The van der Waals surface area contributed by atoms with Crippen LogP contribution in [0.25, 0.3) is 0 Å². The average molecular weight is 471 g/mol. The molecule has 1 saturated heterocycles. The Balaban J connectivity index is 0.00000529. The van der Waals surface area contributed by atoms with Crippen molar-refractivity contribution in [2.75, 3.05) is 60.1 Å². The normalized spacial score (nSPS) is 17.8. The van der Waals surface area contributed by atoms with Crippen molar-refractivity contribution in [3.63, 3.8) is 0 Å². The van der Waals surface area contributed by atoms with Crippen LogP contribution in [-0.2, 0) is 9.59 Å². The second-order valence-corrected chi connectivity index (χ2v) is 7.33. The van der Waals surface area contributed by atoms with Crippen molar-refractivity contribution in [3.05, 3.63) is 0 Å². The van der Waals surface area contributed by atoms with Crippen LogP contribution in [-0.4, -0.2) is 97.8 Å². The molecule has 0 saturated carbocycles. The fourth-order valence-corrected chi connectivity index (χ4v) is 3.20. The van der Waals surface area contributed by atoms with Gasteiger partial charge in [-0.3, -0.25) is 9.59 Å². The molecule has 140 valence electrons. The summed E-state index contributed by atoms with van der Waals surface area (Å²) in [7, 11) is 6.87. The average Bonchev–Trinajstić information content (AvgIpc) is 2.54. The van der Waals surface area contributed by atoms with Crippen molar-refractivity contribution in [1.29, 1.82) is 0 Å². The van der Waals surface area contributed by atoms with Gasteiger partial charge in [-0.1, -0.05) is 6.92 Å². The third-order valence-corrected chi connectivity index (χ3v) is 5.03. The van der Waals surface area contributed by atoms with Crippen LogP contribution < -0.4 is 5.32 Å². The van der Waals surface area contributed by atoms with Gasteiger partial charge in [0.1, 0.15) is 6.54 Å². The van der Waals surface area contributed by atoms with Gasteiger partial charge in [-0.15, -0.1) is 24.0 Å². The van der Waals surface area contributed by atoms with E-state index in [1.807, 2.05) is 11.8 Å². The molecule has 0 bridgehead atoms. The predicted molar refractivity (Wildman–Crippen MR) is 111 cm³/mol. The molecular formula is C15H30IN5O2S. The number of hydrogen-bond donors (Lipinski definition) is 1. The zero-order valence-electron chi connectivity index (χ0n) is 15.2. The van der Waals surface area contributed by atoms with Gasteiger partial charge in [0.05, 0.1) is 6.54 Å². The Bertz CT molecular complexity index is 446. The molecule has 0 spiro atoms. The molecule has 1 N–H and O–H groups in total. The Hall–Kier alpha value is -0.710. The molecule has 1 rings (SSSR count). The number of aliphatic imine (C=N–C) groups is 1. The number of carbonyl (C=O) groups excluding carboxylic acids is 2. The number of likely N-dealkylation sites (N-methyl/N-ethyl adjacent to an activating group) is 2. The summed E-state index contributed by atoms with van der Waals surface area (Å²) >= 11 is 1.97. The van der Waals surface area contributed by atoms with E-state index < -0.39 is 0 Å². The van der Waals surface area contributed by atoms with Gasteiger partial charge in [0.15, 0.2) is 5.96 Å². The molecule has 0 aromatic carbocycles. The molecule has 1 fully saturated rings. The summed E-state index contributed by atoms with van der Waals surface area (Å²) in [5.41, 5.74) is 0. The summed E-state index contributed by atoms with van der Waals surface area (Å²) in [5.74, 6) is 1.61. The zero-order chi connectivity index (χ0) is 17.4. The Morgan fingerprint density at radius 3 is 2.38 bits per heavy atom. The van der Waals surface area contributed by atoms with E-state index >= 15 is 0 Å². The summed E-state index contributed by atoms with van der Waals surface area (Å²) in [4.78, 5) is 33.2. The van der Waals surface area contributed by atoms with E-state index in [-0.39, 0.29) is 48.9 Å². The summed E-state index contributed by atoms with van der Waals surface area (Å²) in [5, 5.41) is 3.67. The Kier molecular flexibility index (Phi) is 11.4. The van der Waals surface area contributed by atoms with E-state index in [1.54, 1.807) is 28.2 Å². The highest BCUT2D eigenvalue weighted by Gasteiger charge is 2.22. The monoisotopic (exact) mass is 471 g/mol. The predicted octanol–water partition coefficient (Wildman–Crippen LogP) is 0.554. The lowest BCUT2D eigenvalue weighted by molar-refractivity contribution is -0.127. The molecule has 1 aliphatic rings. The molecule has 7 nitrogen and oxygen atoms in total. The number of rotatable bonds is 5. The fourth-order valence-electron chi connectivity index (χ4n) is 2.02. The van der Waals surface area contributed by atoms with Crippen molar-refractivity contribution in [1.82, 2.24) is 20.0 Å². The minimum Gasteiger partial charge on any atom is -0.347 e. The van der Waals surface area contributed by atoms with Gasteiger partial charge in [0.2, 0.25) is 11.8 Å². The maximum absolute atomic E-state index is 11.8. The molecule has 0 aromatic rings. The molecule has 24 heavy (non-hydrogen) atoms. The first-order chi connectivity index (χ1) is 10.8. The van der Waals surface area contributed by atoms with Crippen LogP contribution in [0, 0.1) is 0 Å². The third-order valence-electron chi connectivity index (χ3n) is 3.65. The summed E-state index contributed by atoms with van der Waals surface area (Å²) in [6.07, 6.45) is 1.10. The van der Waals surface area contributed by atoms with E-state index in [4.69, 9.17) is 0 Å². The number of guanidine groups is 1. The highest BCUT2D eigenvalue weighted by Crippen LogP contribution is 2.21. The lowest BCUT2D eigenvalue weighted by Crippen LogP contribution is -2.50. The summed E-state index contributed by atoms with van der Waals surface area (Å²) in [6, 6.07) is 0. The van der Waals surface area contributed by atoms with Crippen LogP contribution in [0.2, 0.25) is 0 Å². The largest absolute Gasteiger partial charge is 0.347 e. The smallest absolute Gasteiger partial charge is 0.243 e. The van der Waals surface area contributed by atoms with E-state index in [0.717, 1.165) is 25.3 Å². The van der Waals surface area contributed by atoms with Gasteiger partial charge in [-0.25, -0.2) is 4.99 Å². The van der Waals surface area contributed by atoms with Crippen molar-refractivity contribution in [2.24, 2.45) is 4.99 Å². The standard InChI is InChI=1S/C15H29N5O2S.HI/c1-6-12-11-20(7-8-23-12)15(16-9-13(21)18(2)3)17-10-14(22)19(4)5;/h12H,6-11H2,1-5H3,(H,16,17);1H. The summed E-state index contributed by atoms with van der Waals surface area (Å²) < 4.78 is 0. The number of nitrogens with zero attached hydrogens (tertiary/aromatic N) is 4. The minimum atomic E-state index is -0.0540. The highest BCUT2D eigenvalue weighted by molar-refractivity contribution is 14.0. The SMILES string of the molecule is CCC1CN(C(=NCC(=O)N(C)C)NCC(=O)N(C)C)CCS1.I. The first-order valence-electron chi connectivity index (χ1n) is 7.90. The number of carbonyl (C=O) groups is 2. The van der Waals surface area contributed by atoms with Crippen molar-refractivity contribution in [2.45, 2.75) is 18.6 Å². The van der Waals surface area contributed by atoms with E-state index in [0.29, 0.717) is 11.2 Å². The van der Waals surface area contributed by atoms with Crippen LogP contribution in [0.3, 0.4) is 0 Å². The molecule has 2 amide bonds. The molecule has 1 unspecified atom stereocenters. The minimum absolute atomic E-state index is 0. The van der Waals surface area contributed by atoms with Gasteiger partial charge in [0, 0.05) is 52.3 Å². The lowest BCUT2D eigenvalue weighted by Gasteiger charge is -2.34. The van der Waals surface area contributed by atoms with E-state index in [2.05, 4.69) is 22.1 Å². The molecule has 0 radical (unpaired) electrons. The van der Waals surface area contributed by atoms with Crippen LogP contribution in [0.1, 0.15) is 13.3 Å². The zero-order valence-corrected chi connectivity index (χ0v) is 18.4. The number of nitrogens with one attached hydrogen (secondary N) is 1. The Morgan fingerprint density at radius 1 is 1.21 bits per heavy atom. The van der Waals surface area contributed by atoms with Gasteiger partial charge >= 0.3 is 0 Å². The molecular weight excluding hydrogens is 441 g/mol. The van der Waals surface area contributed by atoms with Crippen molar-refractivity contribution >= 4 is 53.5 Å². The number of thioether (sulfide) groups is 1. The number of halogens is 1. The lowest BCUT2D eigenvalue weighted by atomic mass is 10.3. The molecule has 0 aromatic heterocycles. The first-order valence-corrected chi connectivity index (χ1v) is 8.95. The second kappa shape index (κ2) is 11.8. The molecule has 1 atom stereocenters. The van der Waals surface area contributed by atoms with Gasteiger partial charge in [-0.05, 0) is 6.42 Å². The van der Waals surface area contributed by atoms with E-state index in [9.17, 15) is 9.59 Å². The maximum Gasteiger partial charge on any atom is 0.243 e. The van der Waals surface area contributed by atoms with Crippen LogP contribution in [0.4, 0.5) is 0 Å².